The number of aliphatic hydroxyl groups excluding tert-OH is 1. The molecule has 1 aliphatic rings. The molecule has 1 fully saturated rings. The van der Waals surface area contributed by atoms with Crippen LogP contribution in [0.4, 0.5) is 0 Å². The minimum atomic E-state index is -1.38. The normalized spacial score (nSPS) is 27.3. The van der Waals surface area contributed by atoms with Gasteiger partial charge in [0.1, 0.15) is 12.6 Å². The van der Waals surface area contributed by atoms with Crippen LogP contribution in [0.3, 0.4) is 0 Å². The van der Waals surface area contributed by atoms with Crippen molar-refractivity contribution >= 4 is 11.9 Å². The van der Waals surface area contributed by atoms with E-state index in [1.807, 2.05) is 0 Å². The number of carboxylic acid groups (broad SMARTS) is 1. The van der Waals surface area contributed by atoms with Gasteiger partial charge in [0.25, 0.3) is 5.91 Å². The summed E-state index contributed by atoms with van der Waals surface area (Å²) in [5, 5.41) is 27.9. The van der Waals surface area contributed by atoms with E-state index in [0.717, 1.165) is 10.9 Å². The van der Waals surface area contributed by atoms with Crippen LogP contribution in [0, 0.1) is 0 Å². The molecular weight excluding hydrogens is 246 g/mol. The lowest BCUT2D eigenvalue weighted by atomic mass is 10.2. The maximum Gasteiger partial charge on any atom is 0.335 e. The first-order valence-corrected chi connectivity index (χ1v) is 5.03. The third kappa shape index (κ3) is 1.89. The average molecular weight is 257 g/mol. The largest absolute Gasteiger partial charge is 0.493 e. The maximum absolute atomic E-state index is 10.9. The Morgan fingerprint density at radius 2 is 2.22 bits per heavy atom. The molecule has 98 valence electrons. The molecule has 0 bridgehead atoms. The molecule has 0 radical (unpaired) electrons. The van der Waals surface area contributed by atoms with E-state index < -0.39 is 36.2 Å². The summed E-state index contributed by atoms with van der Waals surface area (Å²) in [5.74, 6) is -2.75. The van der Waals surface area contributed by atoms with Crippen LogP contribution in [0.25, 0.3) is 0 Å². The van der Waals surface area contributed by atoms with Gasteiger partial charge in [-0.15, -0.1) is 0 Å². The number of carbonyl (C=O) groups excluding carboxylic acids is 1. The summed E-state index contributed by atoms with van der Waals surface area (Å²) in [4.78, 5) is 25.2. The number of hydrogen-bond acceptors (Lipinski definition) is 6. The first-order chi connectivity index (χ1) is 8.41. The second-order valence-electron chi connectivity index (χ2n) is 3.84. The summed E-state index contributed by atoms with van der Waals surface area (Å²) >= 11 is 0. The Labute approximate surface area is 100 Å². The van der Waals surface area contributed by atoms with Crippen molar-refractivity contribution in [3.63, 3.8) is 0 Å². The van der Waals surface area contributed by atoms with E-state index >= 15 is 0 Å². The molecule has 1 aromatic heterocycles. The molecule has 0 spiro atoms. The molecule has 0 aliphatic carbocycles. The number of nitrogens with zero attached hydrogens (tertiary/aromatic N) is 2. The molecule has 18 heavy (non-hydrogen) atoms. The summed E-state index contributed by atoms with van der Waals surface area (Å²) in [7, 11) is 0. The van der Waals surface area contributed by atoms with Crippen molar-refractivity contribution in [1.29, 1.82) is 0 Å². The molecule has 9 nitrogen and oxygen atoms in total. The van der Waals surface area contributed by atoms with Gasteiger partial charge < -0.3 is 25.8 Å². The number of amides is 1. The highest BCUT2D eigenvalue weighted by Crippen LogP contribution is 2.32. The van der Waals surface area contributed by atoms with Gasteiger partial charge in [-0.2, -0.15) is 0 Å². The second-order valence-corrected chi connectivity index (χ2v) is 3.84. The molecule has 1 saturated heterocycles. The van der Waals surface area contributed by atoms with Gasteiger partial charge in [0.15, 0.2) is 11.8 Å². The van der Waals surface area contributed by atoms with Crippen LogP contribution < -0.4 is 5.73 Å². The number of primary amides is 1. The Morgan fingerprint density at radius 3 is 2.67 bits per heavy atom. The number of aliphatic carboxylic acids is 1. The Hall–Kier alpha value is -2.13. The number of nitrogens with two attached hydrogens (primary N) is 1. The maximum atomic E-state index is 10.9. The zero-order valence-electron chi connectivity index (χ0n) is 9.05. The summed E-state index contributed by atoms with van der Waals surface area (Å²) in [5.41, 5.74) is 4.63. The van der Waals surface area contributed by atoms with Crippen LogP contribution in [0.1, 0.15) is 23.1 Å². The zero-order chi connectivity index (χ0) is 13.4. The number of aliphatic hydroxyl groups is 1. The lowest BCUT2D eigenvalue weighted by molar-refractivity contribution is -0.155. The van der Waals surface area contributed by atoms with Crippen molar-refractivity contribution in [2.45, 2.75) is 24.9 Å². The molecule has 1 amide bonds. The van der Waals surface area contributed by atoms with Crippen molar-refractivity contribution in [3.05, 3.63) is 12.0 Å². The monoisotopic (exact) mass is 257 g/mol. The molecule has 0 unspecified atom stereocenters. The van der Waals surface area contributed by atoms with E-state index in [1.54, 1.807) is 0 Å². The van der Waals surface area contributed by atoms with E-state index in [2.05, 4.69) is 4.98 Å². The third-order valence-electron chi connectivity index (χ3n) is 2.65. The van der Waals surface area contributed by atoms with Crippen molar-refractivity contribution in [2.75, 3.05) is 0 Å². The van der Waals surface area contributed by atoms with Gasteiger partial charge in [-0.3, -0.25) is 9.36 Å². The summed E-state index contributed by atoms with van der Waals surface area (Å²) in [6, 6.07) is 0. The molecule has 0 aromatic carbocycles. The summed E-state index contributed by atoms with van der Waals surface area (Å²) in [6.07, 6.45) is -2.45. The van der Waals surface area contributed by atoms with E-state index in [0.29, 0.717) is 0 Å². The minimum Gasteiger partial charge on any atom is -0.493 e. The Bertz CT molecular complexity index is 498. The highest BCUT2D eigenvalue weighted by molar-refractivity contribution is 5.93. The van der Waals surface area contributed by atoms with Crippen molar-refractivity contribution in [2.24, 2.45) is 5.73 Å². The molecule has 0 saturated carbocycles. The molecule has 1 aromatic rings. The SMILES string of the molecule is NC(=O)c1ncn([C@H]2C[C@H](O)[C@@H](C(=O)O)O2)c1O. The second kappa shape index (κ2) is 4.27. The standard InChI is InChI=1S/C9H11N3O6/c10-7(14)5-8(15)12(2-11-5)4-1-3(13)6(18-4)9(16)17/h2-4,6,13,15H,1H2,(H2,10,14)(H,16,17)/t3-,4+,6-/m0/s1. The first-order valence-electron chi connectivity index (χ1n) is 5.03. The van der Waals surface area contributed by atoms with Crippen LogP contribution in [0.5, 0.6) is 5.88 Å². The number of carboxylic acids is 1. The number of ether oxygens (including phenoxy) is 1. The van der Waals surface area contributed by atoms with E-state index in [9.17, 15) is 19.8 Å². The number of aromatic hydroxyl groups is 1. The van der Waals surface area contributed by atoms with E-state index in [-0.39, 0.29) is 12.1 Å². The topological polar surface area (TPSA) is 148 Å². The predicted molar refractivity (Wildman–Crippen MR) is 54.6 cm³/mol. The fourth-order valence-electron chi connectivity index (χ4n) is 1.79. The van der Waals surface area contributed by atoms with Gasteiger partial charge in [0.2, 0.25) is 5.88 Å². The first kappa shape index (κ1) is 12.3. The number of aromatic nitrogens is 2. The molecule has 3 atom stereocenters. The molecule has 9 heteroatoms. The predicted octanol–water partition coefficient (Wildman–Crippen LogP) is -1.58. The number of imidazole rings is 1. The van der Waals surface area contributed by atoms with E-state index in [4.69, 9.17) is 15.6 Å². The van der Waals surface area contributed by atoms with Gasteiger partial charge in [-0.1, -0.05) is 0 Å². The van der Waals surface area contributed by atoms with Crippen molar-refractivity contribution in [3.8, 4) is 5.88 Å². The average Bonchev–Trinajstić information content (AvgIpc) is 2.81. The van der Waals surface area contributed by atoms with Gasteiger partial charge in [0, 0.05) is 6.42 Å². The lowest BCUT2D eigenvalue weighted by Crippen LogP contribution is -2.29. The fraction of sp³-hybridized carbons (Fsp3) is 0.444. The molecular formula is C9H11N3O6. The Kier molecular flexibility index (Phi) is 2.93. The smallest absolute Gasteiger partial charge is 0.335 e. The summed E-state index contributed by atoms with van der Waals surface area (Å²) in [6.45, 7) is 0. The van der Waals surface area contributed by atoms with Crippen molar-refractivity contribution < 1.29 is 29.6 Å². The molecule has 2 heterocycles. The van der Waals surface area contributed by atoms with E-state index in [1.165, 1.54) is 0 Å². The Morgan fingerprint density at radius 1 is 1.56 bits per heavy atom. The highest BCUT2D eigenvalue weighted by Gasteiger charge is 2.40. The van der Waals surface area contributed by atoms with Crippen molar-refractivity contribution in [1.82, 2.24) is 9.55 Å². The third-order valence-corrected chi connectivity index (χ3v) is 2.65. The molecule has 1 aliphatic heterocycles. The van der Waals surface area contributed by atoms with Gasteiger partial charge in [-0.05, 0) is 0 Å². The zero-order valence-corrected chi connectivity index (χ0v) is 9.05. The Balaban J connectivity index is 2.24. The van der Waals surface area contributed by atoms with Crippen LogP contribution in [0.15, 0.2) is 6.33 Å². The minimum absolute atomic E-state index is 0.0426. The lowest BCUT2D eigenvalue weighted by Gasteiger charge is -2.12. The molecule has 2 rings (SSSR count). The van der Waals surface area contributed by atoms with Crippen LogP contribution in [-0.4, -0.2) is 49.0 Å². The quantitative estimate of drug-likeness (QED) is 0.510. The van der Waals surface area contributed by atoms with Crippen LogP contribution >= 0.6 is 0 Å². The number of carbonyl (C=O) groups is 2. The van der Waals surface area contributed by atoms with Crippen LogP contribution in [-0.2, 0) is 9.53 Å². The van der Waals surface area contributed by atoms with Gasteiger partial charge >= 0.3 is 5.97 Å². The van der Waals surface area contributed by atoms with Gasteiger partial charge in [0.05, 0.1) is 6.10 Å². The molecule has 5 N–H and O–H groups in total. The van der Waals surface area contributed by atoms with Crippen LogP contribution in [0.2, 0.25) is 0 Å². The van der Waals surface area contributed by atoms with Gasteiger partial charge in [-0.25, -0.2) is 9.78 Å². The fourth-order valence-corrected chi connectivity index (χ4v) is 1.79. The highest BCUT2D eigenvalue weighted by atomic mass is 16.6. The number of rotatable bonds is 3. The summed E-state index contributed by atoms with van der Waals surface area (Å²) < 4.78 is 6.10. The number of hydrogen-bond donors (Lipinski definition) is 4.